The molecule has 0 spiro atoms. The molecule has 4 heteroatoms. The van der Waals surface area contributed by atoms with E-state index in [0.717, 1.165) is 38.5 Å². The Bertz CT molecular complexity index is 367. The van der Waals surface area contributed by atoms with Crippen LogP contribution in [0, 0.1) is 5.41 Å². The van der Waals surface area contributed by atoms with Gasteiger partial charge in [0.15, 0.2) is 0 Å². The van der Waals surface area contributed by atoms with Crippen molar-refractivity contribution in [2.45, 2.75) is 83.1 Å². The van der Waals surface area contributed by atoms with E-state index in [1.807, 2.05) is 0 Å². The molecule has 0 aromatic rings. The van der Waals surface area contributed by atoms with E-state index >= 15 is 0 Å². The summed E-state index contributed by atoms with van der Waals surface area (Å²) >= 11 is 5.29. The summed E-state index contributed by atoms with van der Waals surface area (Å²) in [5.74, 6) is 0.0938. The Morgan fingerprint density at radius 3 is 1.90 bits per heavy atom. The zero-order chi connectivity index (χ0) is 14.6. The number of hydrogen-bond donors (Lipinski definition) is 2. The van der Waals surface area contributed by atoms with Crippen LogP contribution in [0.1, 0.15) is 77.6 Å². The van der Waals surface area contributed by atoms with E-state index in [0.29, 0.717) is 4.99 Å². The monoisotopic (exact) mass is 296 g/mol. The highest BCUT2D eigenvalue weighted by Crippen LogP contribution is 2.37. The number of rotatable bonds is 3. The van der Waals surface area contributed by atoms with Gasteiger partial charge in [0, 0.05) is 5.54 Å². The zero-order valence-corrected chi connectivity index (χ0v) is 13.5. The lowest BCUT2D eigenvalue weighted by atomic mass is 9.77. The van der Waals surface area contributed by atoms with Crippen molar-refractivity contribution in [1.82, 2.24) is 5.32 Å². The van der Waals surface area contributed by atoms with Crippen LogP contribution in [0.25, 0.3) is 0 Å². The van der Waals surface area contributed by atoms with Crippen molar-refractivity contribution in [2.75, 3.05) is 0 Å². The Morgan fingerprint density at radius 1 is 0.950 bits per heavy atom. The number of hydrogen-bond acceptors (Lipinski definition) is 2. The van der Waals surface area contributed by atoms with Crippen molar-refractivity contribution < 1.29 is 4.79 Å². The van der Waals surface area contributed by atoms with Gasteiger partial charge in [-0.3, -0.25) is 4.79 Å². The maximum Gasteiger partial charge on any atom is 0.233 e. The fourth-order valence-electron chi connectivity index (χ4n) is 3.77. The molecule has 3 N–H and O–H groups in total. The van der Waals surface area contributed by atoms with Crippen molar-refractivity contribution in [3.63, 3.8) is 0 Å². The Hall–Kier alpha value is -0.640. The van der Waals surface area contributed by atoms with E-state index in [-0.39, 0.29) is 11.4 Å². The molecular formula is C16H28N2OS. The molecule has 20 heavy (non-hydrogen) atoms. The number of nitrogens with two attached hydrogens (primary N) is 1. The van der Waals surface area contributed by atoms with Gasteiger partial charge in [-0.25, -0.2) is 0 Å². The minimum atomic E-state index is -0.591. The Kier molecular flexibility index (Phi) is 5.05. The molecule has 0 radical (unpaired) electrons. The summed E-state index contributed by atoms with van der Waals surface area (Å²) in [6.07, 6.45) is 12.0. The van der Waals surface area contributed by atoms with E-state index < -0.39 is 5.41 Å². The summed E-state index contributed by atoms with van der Waals surface area (Å²) in [4.78, 5) is 13.3. The largest absolute Gasteiger partial charge is 0.392 e. The molecule has 2 aliphatic rings. The van der Waals surface area contributed by atoms with Gasteiger partial charge < -0.3 is 11.1 Å². The topological polar surface area (TPSA) is 55.1 Å². The van der Waals surface area contributed by atoms with Crippen LogP contribution in [0.2, 0.25) is 0 Å². The van der Waals surface area contributed by atoms with Gasteiger partial charge in [0.25, 0.3) is 0 Å². The first kappa shape index (κ1) is 15.7. The van der Waals surface area contributed by atoms with Crippen LogP contribution >= 0.6 is 12.2 Å². The molecule has 0 aromatic heterocycles. The number of nitrogens with one attached hydrogen (secondary N) is 1. The highest BCUT2D eigenvalue weighted by molar-refractivity contribution is 7.80. The lowest BCUT2D eigenvalue weighted by Crippen LogP contribution is -2.56. The molecule has 3 nitrogen and oxygen atoms in total. The van der Waals surface area contributed by atoms with Crippen LogP contribution in [-0.4, -0.2) is 16.4 Å². The first-order valence-corrected chi connectivity index (χ1v) is 8.52. The van der Waals surface area contributed by atoms with E-state index in [1.54, 1.807) is 0 Å². The van der Waals surface area contributed by atoms with E-state index in [1.165, 1.54) is 32.1 Å². The molecule has 2 aliphatic carbocycles. The highest BCUT2D eigenvalue weighted by atomic mass is 32.1. The number of carbonyl (C=O) groups is 1. The van der Waals surface area contributed by atoms with Crippen LogP contribution in [0.15, 0.2) is 0 Å². The first-order chi connectivity index (χ1) is 9.49. The third-order valence-electron chi connectivity index (χ3n) is 5.24. The molecule has 0 aromatic carbocycles. The van der Waals surface area contributed by atoms with Gasteiger partial charge in [0.1, 0.15) is 0 Å². The molecule has 2 rings (SSSR count). The van der Waals surface area contributed by atoms with E-state index in [4.69, 9.17) is 18.0 Å². The standard InChI is InChI=1S/C16H28N2OS/c1-15(9-5-4-6-10-15)18-14(19)16(13(17)20)11-7-2-3-8-12-16/h2-12H2,1H3,(H2,17,20)(H,18,19). The summed E-state index contributed by atoms with van der Waals surface area (Å²) in [7, 11) is 0. The van der Waals surface area contributed by atoms with E-state index in [2.05, 4.69) is 12.2 Å². The zero-order valence-electron chi connectivity index (χ0n) is 12.7. The average molecular weight is 296 g/mol. The molecule has 1 amide bonds. The quantitative estimate of drug-likeness (QED) is 0.619. The lowest BCUT2D eigenvalue weighted by Gasteiger charge is -2.39. The Balaban J connectivity index is 2.12. The first-order valence-electron chi connectivity index (χ1n) is 8.11. The second kappa shape index (κ2) is 6.42. The minimum Gasteiger partial charge on any atom is -0.392 e. The summed E-state index contributed by atoms with van der Waals surface area (Å²) in [6, 6.07) is 0. The van der Waals surface area contributed by atoms with Crippen LogP contribution in [0.5, 0.6) is 0 Å². The summed E-state index contributed by atoms with van der Waals surface area (Å²) in [6.45, 7) is 2.17. The predicted octanol–water partition coefficient (Wildman–Crippen LogP) is 3.45. The van der Waals surface area contributed by atoms with E-state index in [9.17, 15) is 4.79 Å². The van der Waals surface area contributed by atoms with Gasteiger partial charge in [-0.2, -0.15) is 0 Å². The fourth-order valence-corrected chi connectivity index (χ4v) is 4.07. The maximum absolute atomic E-state index is 12.9. The number of thiocarbonyl (C=S) groups is 1. The Morgan fingerprint density at radius 2 is 1.40 bits per heavy atom. The SMILES string of the molecule is CC1(NC(=O)C2(C(N)=S)CCCCCC2)CCCCC1. The molecule has 2 fully saturated rings. The van der Waals surface area contributed by atoms with Crippen molar-refractivity contribution in [3.8, 4) is 0 Å². The van der Waals surface area contributed by atoms with Gasteiger partial charge in [-0.15, -0.1) is 0 Å². The smallest absolute Gasteiger partial charge is 0.233 e. The normalized spacial score (nSPS) is 25.4. The second-order valence-electron chi connectivity index (χ2n) is 6.94. The second-order valence-corrected chi connectivity index (χ2v) is 7.38. The van der Waals surface area contributed by atoms with Crippen molar-refractivity contribution in [2.24, 2.45) is 11.1 Å². The van der Waals surface area contributed by atoms with Gasteiger partial charge in [0.05, 0.1) is 10.4 Å². The number of amides is 1. The molecule has 2 saturated carbocycles. The molecule has 114 valence electrons. The number of carbonyl (C=O) groups excluding carboxylic acids is 1. The van der Waals surface area contributed by atoms with Crippen LogP contribution in [-0.2, 0) is 4.79 Å². The molecule has 0 bridgehead atoms. The molecule has 0 heterocycles. The van der Waals surface area contributed by atoms with Crippen molar-refractivity contribution >= 4 is 23.1 Å². The molecule has 0 atom stereocenters. The fraction of sp³-hybridized carbons (Fsp3) is 0.875. The molecular weight excluding hydrogens is 268 g/mol. The lowest BCUT2D eigenvalue weighted by molar-refractivity contribution is -0.130. The summed E-state index contributed by atoms with van der Waals surface area (Å²) in [5, 5.41) is 3.31. The minimum absolute atomic E-state index is 0.0561. The summed E-state index contributed by atoms with van der Waals surface area (Å²) in [5.41, 5.74) is 5.34. The molecule has 0 saturated heterocycles. The van der Waals surface area contributed by atoms with Crippen LogP contribution in [0.4, 0.5) is 0 Å². The third-order valence-corrected chi connectivity index (χ3v) is 5.63. The average Bonchev–Trinajstić information content (AvgIpc) is 2.65. The van der Waals surface area contributed by atoms with Crippen molar-refractivity contribution in [3.05, 3.63) is 0 Å². The Labute approximate surface area is 128 Å². The van der Waals surface area contributed by atoms with Crippen molar-refractivity contribution in [1.29, 1.82) is 0 Å². The van der Waals surface area contributed by atoms with Gasteiger partial charge in [0.2, 0.25) is 5.91 Å². The molecule has 0 unspecified atom stereocenters. The van der Waals surface area contributed by atoms with Gasteiger partial charge >= 0.3 is 0 Å². The third kappa shape index (κ3) is 3.33. The van der Waals surface area contributed by atoms with Crippen LogP contribution in [0.3, 0.4) is 0 Å². The van der Waals surface area contributed by atoms with Gasteiger partial charge in [-0.1, -0.05) is 57.2 Å². The van der Waals surface area contributed by atoms with Crippen LogP contribution < -0.4 is 11.1 Å². The van der Waals surface area contributed by atoms with Gasteiger partial charge in [-0.05, 0) is 32.6 Å². The predicted molar refractivity (Wildman–Crippen MR) is 86.6 cm³/mol. The highest BCUT2D eigenvalue weighted by Gasteiger charge is 2.43. The maximum atomic E-state index is 12.9. The summed E-state index contributed by atoms with van der Waals surface area (Å²) < 4.78 is 0. The molecule has 0 aliphatic heterocycles.